The maximum absolute atomic E-state index is 11.7. The summed E-state index contributed by atoms with van der Waals surface area (Å²) in [5.74, 6) is 0.961. The van der Waals surface area contributed by atoms with E-state index in [0.29, 0.717) is 12.2 Å². The van der Waals surface area contributed by atoms with E-state index in [0.717, 1.165) is 25.2 Å². The first-order chi connectivity index (χ1) is 8.79. The van der Waals surface area contributed by atoms with Gasteiger partial charge in [-0.3, -0.25) is 4.79 Å². The predicted octanol–water partition coefficient (Wildman–Crippen LogP) is 0.0631. The molecule has 2 aliphatic rings. The topological polar surface area (TPSA) is 81.9 Å². The summed E-state index contributed by atoms with van der Waals surface area (Å²) in [6.45, 7) is 1.56. The van der Waals surface area contributed by atoms with E-state index in [1.54, 1.807) is 6.20 Å². The lowest BCUT2D eigenvalue weighted by atomic mass is 9.91. The van der Waals surface area contributed by atoms with Gasteiger partial charge in [-0.15, -0.1) is 0 Å². The monoisotopic (exact) mass is 243 g/mol. The largest absolute Gasteiger partial charge is 0.354 e. The van der Waals surface area contributed by atoms with Gasteiger partial charge in [0.2, 0.25) is 5.91 Å². The standard InChI is InChI=1S/C12H13N5O/c13-4-8-5-15-11(7-14-8)17-3-1-2-9-10(17)6-16-12(9)18/h5,7,9-10H,1-3,6H2,(H,16,18). The first-order valence-corrected chi connectivity index (χ1v) is 6.06. The Morgan fingerprint density at radius 2 is 2.33 bits per heavy atom. The molecule has 1 N–H and O–H groups in total. The van der Waals surface area contributed by atoms with Gasteiger partial charge in [-0.1, -0.05) is 0 Å². The number of amides is 1. The summed E-state index contributed by atoms with van der Waals surface area (Å²) in [5.41, 5.74) is 0.313. The fourth-order valence-corrected chi connectivity index (χ4v) is 2.76. The first-order valence-electron chi connectivity index (χ1n) is 6.06. The Balaban J connectivity index is 1.86. The summed E-state index contributed by atoms with van der Waals surface area (Å²) in [5, 5.41) is 11.6. The van der Waals surface area contributed by atoms with Crippen molar-refractivity contribution in [2.75, 3.05) is 18.0 Å². The number of carbonyl (C=O) groups excluding carboxylic acids is 1. The van der Waals surface area contributed by atoms with Crippen LogP contribution in [0.15, 0.2) is 12.4 Å². The van der Waals surface area contributed by atoms with Gasteiger partial charge in [-0.2, -0.15) is 5.26 Å². The van der Waals surface area contributed by atoms with E-state index in [-0.39, 0.29) is 17.9 Å². The summed E-state index contributed by atoms with van der Waals surface area (Å²) in [7, 11) is 0. The molecule has 0 radical (unpaired) electrons. The Labute approximate surface area is 105 Å². The summed E-state index contributed by atoms with van der Waals surface area (Å²) in [6, 6.07) is 2.13. The fraction of sp³-hybridized carbons (Fsp3) is 0.500. The number of hydrogen-bond acceptors (Lipinski definition) is 5. The Hall–Kier alpha value is -2.16. The molecule has 18 heavy (non-hydrogen) atoms. The lowest BCUT2D eigenvalue weighted by molar-refractivity contribution is -0.122. The third-order valence-corrected chi connectivity index (χ3v) is 3.65. The highest BCUT2D eigenvalue weighted by Gasteiger charge is 2.41. The molecule has 1 aromatic heterocycles. The van der Waals surface area contributed by atoms with Crippen LogP contribution >= 0.6 is 0 Å². The average molecular weight is 243 g/mol. The summed E-state index contributed by atoms with van der Waals surface area (Å²) >= 11 is 0. The van der Waals surface area contributed by atoms with Crippen LogP contribution in [0, 0.1) is 17.2 Å². The molecule has 92 valence electrons. The summed E-state index contributed by atoms with van der Waals surface area (Å²) < 4.78 is 0. The van der Waals surface area contributed by atoms with Crippen molar-refractivity contribution in [1.82, 2.24) is 15.3 Å². The highest BCUT2D eigenvalue weighted by atomic mass is 16.2. The van der Waals surface area contributed by atoms with E-state index >= 15 is 0 Å². The van der Waals surface area contributed by atoms with Crippen molar-refractivity contribution < 1.29 is 4.79 Å². The quantitative estimate of drug-likeness (QED) is 0.754. The molecule has 2 unspecified atom stereocenters. The molecule has 2 aliphatic heterocycles. The molecule has 2 saturated heterocycles. The third kappa shape index (κ3) is 1.68. The first kappa shape index (κ1) is 11.0. The van der Waals surface area contributed by atoms with E-state index in [2.05, 4.69) is 20.2 Å². The molecule has 6 heteroatoms. The van der Waals surface area contributed by atoms with Crippen LogP contribution in [-0.4, -0.2) is 35.0 Å². The Bertz CT molecular complexity index is 506. The molecule has 1 aromatic rings. The van der Waals surface area contributed by atoms with Gasteiger partial charge < -0.3 is 10.2 Å². The maximum Gasteiger partial charge on any atom is 0.225 e. The zero-order valence-electron chi connectivity index (χ0n) is 9.83. The lowest BCUT2D eigenvalue weighted by Gasteiger charge is -2.36. The van der Waals surface area contributed by atoms with Gasteiger partial charge in [0.25, 0.3) is 0 Å². The third-order valence-electron chi connectivity index (χ3n) is 3.65. The minimum atomic E-state index is 0.0659. The number of nitrogens with one attached hydrogen (secondary N) is 1. The van der Waals surface area contributed by atoms with E-state index < -0.39 is 0 Å². The smallest absolute Gasteiger partial charge is 0.225 e. The second-order valence-electron chi connectivity index (χ2n) is 4.63. The highest BCUT2D eigenvalue weighted by molar-refractivity contribution is 5.83. The number of rotatable bonds is 1. The molecular formula is C12H13N5O. The van der Waals surface area contributed by atoms with Crippen LogP contribution in [0.25, 0.3) is 0 Å². The van der Waals surface area contributed by atoms with Gasteiger partial charge in [-0.05, 0) is 12.8 Å². The van der Waals surface area contributed by atoms with E-state index in [9.17, 15) is 4.79 Å². The minimum absolute atomic E-state index is 0.0659. The Morgan fingerprint density at radius 1 is 1.44 bits per heavy atom. The lowest BCUT2D eigenvalue weighted by Crippen LogP contribution is -2.46. The van der Waals surface area contributed by atoms with Gasteiger partial charge in [0.1, 0.15) is 11.9 Å². The van der Waals surface area contributed by atoms with Gasteiger partial charge in [0.05, 0.1) is 24.4 Å². The molecule has 0 aromatic carbocycles. The van der Waals surface area contributed by atoms with Crippen molar-refractivity contribution in [2.45, 2.75) is 18.9 Å². The predicted molar refractivity (Wildman–Crippen MR) is 63.6 cm³/mol. The molecule has 1 amide bonds. The van der Waals surface area contributed by atoms with E-state index in [4.69, 9.17) is 5.26 Å². The van der Waals surface area contributed by atoms with Gasteiger partial charge >= 0.3 is 0 Å². The Kier molecular flexibility index (Phi) is 2.59. The van der Waals surface area contributed by atoms with Gasteiger partial charge in [0, 0.05) is 13.1 Å². The van der Waals surface area contributed by atoms with Crippen molar-refractivity contribution in [3.05, 3.63) is 18.1 Å². The van der Waals surface area contributed by atoms with Crippen LogP contribution in [0.5, 0.6) is 0 Å². The van der Waals surface area contributed by atoms with Gasteiger partial charge in [-0.25, -0.2) is 9.97 Å². The molecule has 2 atom stereocenters. The van der Waals surface area contributed by atoms with E-state index in [1.165, 1.54) is 6.20 Å². The van der Waals surface area contributed by atoms with Gasteiger partial charge in [0.15, 0.2) is 5.69 Å². The van der Waals surface area contributed by atoms with Crippen molar-refractivity contribution >= 4 is 11.7 Å². The molecular weight excluding hydrogens is 230 g/mol. The number of nitrogens with zero attached hydrogens (tertiary/aromatic N) is 4. The van der Waals surface area contributed by atoms with Crippen LogP contribution in [0.3, 0.4) is 0 Å². The van der Waals surface area contributed by atoms with Crippen LogP contribution in [-0.2, 0) is 4.79 Å². The average Bonchev–Trinajstić information content (AvgIpc) is 2.81. The molecule has 2 fully saturated rings. The second kappa shape index (κ2) is 4.26. The number of hydrogen-bond donors (Lipinski definition) is 1. The molecule has 6 nitrogen and oxygen atoms in total. The summed E-state index contributed by atoms with van der Waals surface area (Å²) in [4.78, 5) is 22.1. The summed E-state index contributed by atoms with van der Waals surface area (Å²) in [6.07, 6.45) is 5.01. The van der Waals surface area contributed by atoms with Crippen molar-refractivity contribution in [2.24, 2.45) is 5.92 Å². The van der Waals surface area contributed by atoms with Crippen molar-refractivity contribution in [1.29, 1.82) is 5.26 Å². The second-order valence-corrected chi connectivity index (χ2v) is 4.63. The molecule has 3 heterocycles. The molecule has 0 spiro atoms. The van der Waals surface area contributed by atoms with E-state index in [1.807, 2.05) is 6.07 Å². The van der Waals surface area contributed by atoms with Crippen molar-refractivity contribution in [3.8, 4) is 6.07 Å². The normalized spacial score (nSPS) is 26.4. The SMILES string of the molecule is N#Cc1cnc(N2CCCC3C(=O)NCC32)cn1. The van der Waals surface area contributed by atoms with Crippen LogP contribution in [0.4, 0.5) is 5.82 Å². The molecule has 0 aliphatic carbocycles. The zero-order valence-corrected chi connectivity index (χ0v) is 9.83. The van der Waals surface area contributed by atoms with Crippen LogP contribution < -0.4 is 10.2 Å². The number of anilines is 1. The Morgan fingerprint density at radius 3 is 3.06 bits per heavy atom. The maximum atomic E-state index is 11.7. The van der Waals surface area contributed by atoms with Crippen LogP contribution in [0.1, 0.15) is 18.5 Å². The number of piperidine rings is 1. The van der Waals surface area contributed by atoms with Crippen molar-refractivity contribution in [3.63, 3.8) is 0 Å². The number of carbonyl (C=O) groups is 1. The molecule has 0 bridgehead atoms. The zero-order chi connectivity index (χ0) is 12.5. The number of aromatic nitrogens is 2. The number of nitriles is 1. The van der Waals surface area contributed by atoms with Crippen LogP contribution in [0.2, 0.25) is 0 Å². The number of fused-ring (bicyclic) bond motifs is 1. The highest BCUT2D eigenvalue weighted by Crippen LogP contribution is 2.30. The minimum Gasteiger partial charge on any atom is -0.354 e. The molecule has 3 rings (SSSR count). The fourth-order valence-electron chi connectivity index (χ4n) is 2.76. The molecule has 0 saturated carbocycles.